The summed E-state index contributed by atoms with van der Waals surface area (Å²) in [6, 6.07) is 62.9. The third kappa shape index (κ3) is 5.26. The zero-order valence-electron chi connectivity index (χ0n) is 30.3. The van der Waals surface area contributed by atoms with E-state index >= 15 is 0 Å². The summed E-state index contributed by atoms with van der Waals surface area (Å²) in [4.78, 5) is 15.2. The Morgan fingerprint density at radius 3 is 1.30 bits per heavy atom. The first-order valence-corrected chi connectivity index (χ1v) is 21.4. The highest BCUT2D eigenvalue weighted by molar-refractivity contribution is 7.28. The molecule has 12 rings (SSSR count). The van der Waals surface area contributed by atoms with Gasteiger partial charge in [0.15, 0.2) is 17.5 Å². The third-order valence-corrected chi connectivity index (χ3v) is 14.7. The standard InChI is InChI=1S/C51H29N3S3/c1-3-13-30(14-4-1)49-52-50(31-15-5-2-6-16-31)54-51(53-49)42-25-12-24-41-40-23-11-22-39(47(40)57-48(41)42)38-21-10-20-37-36-19-9-18-33(45(36)56-46(37)38)32-27-28-35-34-17-7-8-26-43(34)55-44(35)29-32/h1-29H. The van der Waals surface area contributed by atoms with Crippen molar-refractivity contribution in [1.82, 2.24) is 15.0 Å². The molecule has 8 aromatic carbocycles. The van der Waals surface area contributed by atoms with Crippen molar-refractivity contribution in [3.63, 3.8) is 0 Å². The van der Waals surface area contributed by atoms with E-state index in [9.17, 15) is 0 Å². The van der Waals surface area contributed by atoms with Crippen LogP contribution in [0.2, 0.25) is 0 Å². The van der Waals surface area contributed by atoms with Crippen molar-refractivity contribution in [2.45, 2.75) is 0 Å². The second-order valence-corrected chi connectivity index (χ2v) is 17.4. The van der Waals surface area contributed by atoms with E-state index in [-0.39, 0.29) is 0 Å². The topological polar surface area (TPSA) is 38.7 Å². The zero-order valence-corrected chi connectivity index (χ0v) is 32.8. The minimum atomic E-state index is 0.665. The van der Waals surface area contributed by atoms with Crippen LogP contribution in [-0.2, 0) is 0 Å². The van der Waals surface area contributed by atoms with Crippen LogP contribution in [0, 0.1) is 0 Å². The van der Waals surface area contributed by atoms with Crippen molar-refractivity contribution in [2.75, 3.05) is 0 Å². The Labute approximate surface area is 339 Å². The van der Waals surface area contributed by atoms with Crippen molar-refractivity contribution < 1.29 is 0 Å². The van der Waals surface area contributed by atoms with Gasteiger partial charge in [-0.3, -0.25) is 0 Å². The highest BCUT2D eigenvalue weighted by Crippen LogP contribution is 2.48. The van der Waals surface area contributed by atoms with Gasteiger partial charge in [0.1, 0.15) is 0 Å². The lowest BCUT2D eigenvalue weighted by Crippen LogP contribution is -2.00. The molecule has 0 radical (unpaired) electrons. The number of aromatic nitrogens is 3. The number of rotatable bonds is 5. The molecule has 0 bridgehead atoms. The lowest BCUT2D eigenvalue weighted by Gasteiger charge is -2.09. The van der Waals surface area contributed by atoms with Gasteiger partial charge in [-0.05, 0) is 29.3 Å². The summed E-state index contributed by atoms with van der Waals surface area (Å²) in [6.45, 7) is 0. The molecule has 0 N–H and O–H groups in total. The molecule has 0 aliphatic rings. The van der Waals surface area contributed by atoms with Crippen LogP contribution in [-0.4, -0.2) is 15.0 Å². The fourth-order valence-electron chi connectivity index (χ4n) is 8.29. The van der Waals surface area contributed by atoms with E-state index < -0.39 is 0 Å². The van der Waals surface area contributed by atoms with Gasteiger partial charge in [-0.1, -0.05) is 158 Å². The van der Waals surface area contributed by atoms with Gasteiger partial charge >= 0.3 is 0 Å². The second-order valence-electron chi connectivity index (χ2n) is 14.3. The molecule has 0 spiro atoms. The van der Waals surface area contributed by atoms with Gasteiger partial charge < -0.3 is 0 Å². The fraction of sp³-hybridized carbons (Fsp3) is 0. The summed E-state index contributed by atoms with van der Waals surface area (Å²) in [5.74, 6) is 2.00. The van der Waals surface area contributed by atoms with Crippen molar-refractivity contribution in [3.05, 3.63) is 176 Å². The average molecular weight is 780 g/mol. The molecule has 3 nitrogen and oxygen atoms in total. The predicted molar refractivity (Wildman–Crippen MR) is 246 cm³/mol. The molecule has 0 aliphatic heterocycles. The molecule has 4 heterocycles. The van der Waals surface area contributed by atoms with Gasteiger partial charge in [-0.15, -0.1) is 34.0 Å². The number of hydrogen-bond acceptors (Lipinski definition) is 6. The Kier molecular flexibility index (Phi) is 7.45. The van der Waals surface area contributed by atoms with E-state index in [4.69, 9.17) is 15.0 Å². The van der Waals surface area contributed by atoms with E-state index in [1.165, 1.54) is 82.8 Å². The predicted octanol–water partition coefficient (Wildman–Crippen LogP) is 15.3. The summed E-state index contributed by atoms with van der Waals surface area (Å²) in [6.07, 6.45) is 0. The number of hydrogen-bond donors (Lipinski definition) is 0. The van der Waals surface area contributed by atoms with E-state index in [0.717, 1.165) is 16.7 Å². The Balaban J connectivity index is 1.03. The van der Waals surface area contributed by atoms with Crippen LogP contribution in [0.4, 0.5) is 0 Å². The molecule has 6 heteroatoms. The highest BCUT2D eigenvalue weighted by atomic mass is 32.1. The Morgan fingerprint density at radius 1 is 0.263 bits per heavy atom. The third-order valence-electron chi connectivity index (χ3n) is 11.0. The maximum absolute atomic E-state index is 5.11. The smallest absolute Gasteiger partial charge is 0.165 e. The van der Waals surface area contributed by atoms with E-state index in [1.807, 2.05) is 70.4 Å². The van der Waals surface area contributed by atoms with Crippen molar-refractivity contribution in [3.8, 4) is 56.4 Å². The number of thiophene rings is 3. The molecule has 266 valence electrons. The Hall–Kier alpha value is -6.57. The van der Waals surface area contributed by atoms with Crippen molar-refractivity contribution >= 4 is 94.5 Å². The quantitative estimate of drug-likeness (QED) is 0.175. The minimum Gasteiger partial charge on any atom is -0.208 e. The van der Waals surface area contributed by atoms with Crippen LogP contribution in [0.3, 0.4) is 0 Å². The van der Waals surface area contributed by atoms with Gasteiger partial charge in [0.2, 0.25) is 0 Å². The first-order chi connectivity index (χ1) is 28.2. The maximum Gasteiger partial charge on any atom is 0.165 e. The van der Waals surface area contributed by atoms with Crippen LogP contribution in [0.25, 0.3) is 117 Å². The van der Waals surface area contributed by atoms with Gasteiger partial charge in [0.05, 0.1) is 0 Å². The van der Waals surface area contributed by atoms with Gasteiger partial charge in [-0.25, -0.2) is 15.0 Å². The molecule has 0 unspecified atom stereocenters. The number of nitrogens with zero attached hydrogens (tertiary/aromatic N) is 3. The van der Waals surface area contributed by atoms with Crippen LogP contribution < -0.4 is 0 Å². The molecule has 0 saturated carbocycles. The lowest BCUT2D eigenvalue weighted by molar-refractivity contribution is 1.08. The molecule has 0 aliphatic carbocycles. The van der Waals surface area contributed by atoms with Gasteiger partial charge in [0, 0.05) is 88.3 Å². The van der Waals surface area contributed by atoms with Gasteiger partial charge in [-0.2, -0.15) is 0 Å². The first-order valence-electron chi connectivity index (χ1n) is 18.9. The second kappa shape index (κ2) is 13.0. The Morgan fingerprint density at radius 2 is 0.702 bits per heavy atom. The average Bonchev–Trinajstić information content (AvgIpc) is 3.98. The lowest BCUT2D eigenvalue weighted by atomic mass is 9.98. The maximum atomic E-state index is 5.11. The molecule has 0 fully saturated rings. The van der Waals surface area contributed by atoms with Crippen LogP contribution in [0.1, 0.15) is 0 Å². The van der Waals surface area contributed by atoms with Crippen molar-refractivity contribution in [2.24, 2.45) is 0 Å². The first kappa shape index (κ1) is 32.7. The molecule has 57 heavy (non-hydrogen) atoms. The Bertz CT molecular complexity index is 3470. The van der Waals surface area contributed by atoms with Gasteiger partial charge in [0.25, 0.3) is 0 Å². The summed E-state index contributed by atoms with van der Waals surface area (Å²) in [7, 11) is 0. The fourth-order valence-corrected chi connectivity index (χ4v) is 12.1. The number of benzene rings is 8. The zero-order chi connectivity index (χ0) is 37.5. The SMILES string of the molecule is c1ccc(-c2nc(-c3ccccc3)nc(-c3cccc4c3sc3c(-c5cccc6c5sc5c(-c7ccc8c(c7)sc7ccccc78)cccc56)cccc34)n2)cc1. The van der Waals surface area contributed by atoms with E-state index in [1.54, 1.807) is 0 Å². The summed E-state index contributed by atoms with van der Waals surface area (Å²) in [5.41, 5.74) is 7.99. The molecule has 0 atom stereocenters. The molecule has 0 saturated heterocycles. The molecular weight excluding hydrogens is 751 g/mol. The summed E-state index contributed by atoms with van der Waals surface area (Å²) >= 11 is 5.62. The minimum absolute atomic E-state index is 0.665. The number of fused-ring (bicyclic) bond motifs is 9. The molecule has 12 aromatic rings. The van der Waals surface area contributed by atoms with Crippen LogP contribution >= 0.6 is 34.0 Å². The van der Waals surface area contributed by atoms with E-state index in [0.29, 0.717) is 17.5 Å². The van der Waals surface area contributed by atoms with Crippen LogP contribution in [0.15, 0.2) is 176 Å². The molecular formula is C51H29N3S3. The van der Waals surface area contributed by atoms with E-state index in [2.05, 4.69) is 140 Å². The molecule has 4 aromatic heterocycles. The highest BCUT2D eigenvalue weighted by Gasteiger charge is 2.20. The van der Waals surface area contributed by atoms with Crippen LogP contribution in [0.5, 0.6) is 0 Å². The normalized spacial score (nSPS) is 11.9. The summed E-state index contributed by atoms with van der Waals surface area (Å²) in [5, 5.41) is 7.70. The monoisotopic (exact) mass is 779 g/mol. The largest absolute Gasteiger partial charge is 0.208 e. The molecule has 0 amide bonds. The summed E-state index contributed by atoms with van der Waals surface area (Å²) < 4.78 is 7.73. The van der Waals surface area contributed by atoms with Crippen molar-refractivity contribution in [1.29, 1.82) is 0 Å².